The van der Waals surface area contributed by atoms with Crippen molar-refractivity contribution in [2.45, 2.75) is 31.8 Å². The first-order valence-electron chi connectivity index (χ1n) is 9.28. The van der Waals surface area contributed by atoms with E-state index in [2.05, 4.69) is 26.0 Å². The SMILES string of the molecule is CNC(=O)C(=O)[C@H](C[C@@H]1C[C@@H](C)NC1=O)NC(=O)c1cc(Cl)c(Cl)cc1NC(=O)OC. The van der Waals surface area contributed by atoms with Gasteiger partial charge in [0.15, 0.2) is 0 Å². The summed E-state index contributed by atoms with van der Waals surface area (Å²) in [4.78, 5) is 61.1. The van der Waals surface area contributed by atoms with Crippen LogP contribution in [0.4, 0.5) is 10.5 Å². The fourth-order valence-electron chi connectivity index (χ4n) is 3.19. The van der Waals surface area contributed by atoms with E-state index in [-0.39, 0.29) is 39.7 Å². The molecule has 10 nitrogen and oxygen atoms in total. The summed E-state index contributed by atoms with van der Waals surface area (Å²) in [5.41, 5.74) is -0.129. The van der Waals surface area contributed by atoms with Crippen molar-refractivity contribution >= 4 is 58.5 Å². The second-order valence-electron chi connectivity index (χ2n) is 6.98. The lowest BCUT2D eigenvalue weighted by Crippen LogP contribution is -2.48. The topological polar surface area (TPSA) is 143 Å². The molecule has 0 radical (unpaired) electrons. The fourth-order valence-corrected chi connectivity index (χ4v) is 3.52. The van der Waals surface area contributed by atoms with Crippen LogP contribution in [0.2, 0.25) is 10.0 Å². The average molecular weight is 473 g/mol. The van der Waals surface area contributed by atoms with Crippen LogP contribution in [0.3, 0.4) is 0 Å². The summed E-state index contributed by atoms with van der Waals surface area (Å²) in [7, 11) is 2.42. The molecule has 12 heteroatoms. The number of ether oxygens (including phenoxy) is 1. The quantitative estimate of drug-likeness (QED) is 0.442. The van der Waals surface area contributed by atoms with Crippen molar-refractivity contribution in [2.24, 2.45) is 5.92 Å². The molecule has 1 aromatic carbocycles. The molecule has 31 heavy (non-hydrogen) atoms. The molecule has 4 amide bonds. The number of methoxy groups -OCH3 is 1. The minimum atomic E-state index is -1.28. The summed E-state index contributed by atoms with van der Waals surface area (Å²) in [5, 5.41) is 9.85. The third-order valence-electron chi connectivity index (χ3n) is 4.72. The first-order valence-corrected chi connectivity index (χ1v) is 10.0. The number of carbonyl (C=O) groups excluding carboxylic acids is 5. The molecule has 0 aromatic heterocycles. The third-order valence-corrected chi connectivity index (χ3v) is 5.44. The normalized spacial score (nSPS) is 18.5. The molecular formula is C19H22Cl2N4O6. The molecule has 1 saturated heterocycles. The molecule has 0 unspecified atom stereocenters. The molecule has 1 fully saturated rings. The van der Waals surface area contributed by atoms with Crippen molar-refractivity contribution in [1.29, 1.82) is 0 Å². The van der Waals surface area contributed by atoms with Crippen LogP contribution in [0.5, 0.6) is 0 Å². The molecule has 0 bridgehead atoms. The number of amides is 4. The van der Waals surface area contributed by atoms with E-state index < -0.39 is 35.7 Å². The van der Waals surface area contributed by atoms with Crippen molar-refractivity contribution in [1.82, 2.24) is 16.0 Å². The Balaban J connectivity index is 2.33. The molecule has 1 aliphatic heterocycles. The van der Waals surface area contributed by atoms with Crippen LogP contribution < -0.4 is 21.3 Å². The lowest BCUT2D eigenvalue weighted by atomic mass is 9.93. The summed E-state index contributed by atoms with van der Waals surface area (Å²) in [5.74, 6) is -3.46. The van der Waals surface area contributed by atoms with Gasteiger partial charge < -0.3 is 20.7 Å². The summed E-state index contributed by atoms with van der Waals surface area (Å²) in [6.45, 7) is 1.81. The molecule has 4 N–H and O–H groups in total. The maximum Gasteiger partial charge on any atom is 0.411 e. The number of rotatable bonds is 7. The highest BCUT2D eigenvalue weighted by Crippen LogP contribution is 2.30. The van der Waals surface area contributed by atoms with Crippen LogP contribution >= 0.6 is 23.2 Å². The fraction of sp³-hybridized carbons (Fsp3) is 0.421. The number of hydrogen-bond acceptors (Lipinski definition) is 6. The van der Waals surface area contributed by atoms with Gasteiger partial charge in [0.2, 0.25) is 11.7 Å². The van der Waals surface area contributed by atoms with Crippen LogP contribution in [0.15, 0.2) is 12.1 Å². The first kappa shape index (κ1) is 24.4. The highest BCUT2D eigenvalue weighted by molar-refractivity contribution is 6.42. The van der Waals surface area contributed by atoms with Gasteiger partial charge in [-0.3, -0.25) is 24.5 Å². The molecule has 1 aliphatic rings. The van der Waals surface area contributed by atoms with Gasteiger partial charge in [-0.15, -0.1) is 0 Å². The average Bonchev–Trinajstić information content (AvgIpc) is 3.05. The zero-order valence-electron chi connectivity index (χ0n) is 17.0. The van der Waals surface area contributed by atoms with Gasteiger partial charge in [-0.1, -0.05) is 23.2 Å². The minimum absolute atomic E-state index is 0.0166. The van der Waals surface area contributed by atoms with Crippen LogP contribution in [0.1, 0.15) is 30.1 Å². The summed E-state index contributed by atoms with van der Waals surface area (Å²) >= 11 is 12.0. The van der Waals surface area contributed by atoms with Crippen LogP contribution in [0, 0.1) is 5.92 Å². The number of likely N-dealkylation sites (N-methyl/N-ethyl adjacent to an activating group) is 1. The smallest absolute Gasteiger partial charge is 0.411 e. The second kappa shape index (κ2) is 10.5. The minimum Gasteiger partial charge on any atom is -0.453 e. The zero-order chi connectivity index (χ0) is 23.3. The Kier molecular flexibility index (Phi) is 8.23. The second-order valence-corrected chi connectivity index (χ2v) is 7.79. The van der Waals surface area contributed by atoms with Gasteiger partial charge in [-0.05, 0) is 31.9 Å². The summed E-state index contributed by atoms with van der Waals surface area (Å²) in [6.07, 6.45) is -0.481. The number of benzene rings is 1. The number of halogens is 2. The number of anilines is 1. The van der Waals surface area contributed by atoms with E-state index in [0.717, 1.165) is 7.11 Å². The van der Waals surface area contributed by atoms with E-state index in [1.165, 1.54) is 19.2 Å². The summed E-state index contributed by atoms with van der Waals surface area (Å²) < 4.78 is 4.53. The van der Waals surface area contributed by atoms with Gasteiger partial charge in [0.05, 0.1) is 34.4 Å². The Labute approximate surface area is 188 Å². The van der Waals surface area contributed by atoms with Crippen molar-refractivity contribution in [3.05, 3.63) is 27.7 Å². The van der Waals surface area contributed by atoms with Crippen LogP contribution in [-0.2, 0) is 19.1 Å². The lowest BCUT2D eigenvalue weighted by molar-refractivity contribution is -0.139. The Morgan fingerprint density at radius 1 is 1.23 bits per heavy atom. The van der Waals surface area contributed by atoms with E-state index in [0.29, 0.717) is 6.42 Å². The maximum absolute atomic E-state index is 13.0. The van der Waals surface area contributed by atoms with Gasteiger partial charge in [-0.25, -0.2) is 4.79 Å². The predicted molar refractivity (Wildman–Crippen MR) is 113 cm³/mol. The predicted octanol–water partition coefficient (Wildman–Crippen LogP) is 1.50. The Morgan fingerprint density at radius 3 is 2.42 bits per heavy atom. The molecular weight excluding hydrogens is 451 g/mol. The van der Waals surface area contributed by atoms with Crippen LogP contribution in [0.25, 0.3) is 0 Å². The number of Topliss-reactive ketones (excluding diaryl/α,β-unsaturated/α-hetero) is 1. The van der Waals surface area contributed by atoms with Gasteiger partial charge >= 0.3 is 6.09 Å². The molecule has 0 aliphatic carbocycles. The molecule has 168 valence electrons. The van der Waals surface area contributed by atoms with Crippen molar-refractivity contribution in [3.8, 4) is 0 Å². The number of ketones is 1. The highest BCUT2D eigenvalue weighted by atomic mass is 35.5. The molecule has 2 rings (SSSR count). The Hall–Kier alpha value is -2.85. The van der Waals surface area contributed by atoms with Gasteiger partial charge in [0, 0.05) is 19.0 Å². The largest absolute Gasteiger partial charge is 0.453 e. The summed E-state index contributed by atoms with van der Waals surface area (Å²) in [6, 6.07) is 1.08. The Morgan fingerprint density at radius 2 is 1.87 bits per heavy atom. The Bertz CT molecular complexity index is 923. The molecule has 0 spiro atoms. The van der Waals surface area contributed by atoms with E-state index >= 15 is 0 Å². The van der Waals surface area contributed by atoms with E-state index in [1.54, 1.807) is 0 Å². The van der Waals surface area contributed by atoms with Crippen LogP contribution in [-0.4, -0.2) is 55.8 Å². The van der Waals surface area contributed by atoms with Crippen molar-refractivity contribution < 1.29 is 28.7 Å². The highest BCUT2D eigenvalue weighted by Gasteiger charge is 2.36. The number of hydrogen-bond donors (Lipinski definition) is 4. The third kappa shape index (κ3) is 6.08. The number of carbonyl (C=O) groups is 5. The van der Waals surface area contributed by atoms with Gasteiger partial charge in [0.25, 0.3) is 11.8 Å². The maximum atomic E-state index is 13.0. The van der Waals surface area contributed by atoms with Crippen molar-refractivity contribution in [2.75, 3.05) is 19.5 Å². The van der Waals surface area contributed by atoms with Crippen molar-refractivity contribution in [3.63, 3.8) is 0 Å². The zero-order valence-corrected chi connectivity index (χ0v) is 18.5. The van der Waals surface area contributed by atoms with E-state index in [9.17, 15) is 24.0 Å². The lowest BCUT2D eigenvalue weighted by Gasteiger charge is -2.20. The molecule has 1 aromatic rings. The number of nitrogens with one attached hydrogen (secondary N) is 4. The van der Waals surface area contributed by atoms with E-state index in [1.807, 2.05) is 6.92 Å². The van der Waals surface area contributed by atoms with E-state index in [4.69, 9.17) is 23.2 Å². The standard InChI is InChI=1S/C19H22Cl2N4O6/c1-8-4-9(16(27)23-8)5-14(15(26)18(29)22-2)24-17(28)10-6-11(20)12(21)7-13(10)25-19(30)31-3/h6-9,14H,4-5H2,1-3H3,(H,22,29)(H,23,27)(H,24,28)(H,25,30)/t8-,9+,14+/m1/s1. The van der Waals surface area contributed by atoms with Gasteiger partial charge in [-0.2, -0.15) is 0 Å². The molecule has 1 heterocycles. The molecule has 0 saturated carbocycles. The van der Waals surface area contributed by atoms with Gasteiger partial charge in [0.1, 0.15) is 0 Å². The first-order chi connectivity index (χ1) is 14.6. The monoisotopic (exact) mass is 472 g/mol. The molecule has 3 atom stereocenters.